The van der Waals surface area contributed by atoms with E-state index in [9.17, 15) is 14.4 Å². The molecule has 0 aromatic rings. The number of rotatable bonds is 67. The number of hydrogen-bond acceptors (Lipinski definition) is 6. The molecular weight excluding hydrogens is 961 g/mol. The van der Waals surface area contributed by atoms with Crippen LogP contribution < -0.4 is 0 Å². The van der Waals surface area contributed by atoms with Crippen LogP contribution in [0.3, 0.4) is 0 Å². The summed E-state index contributed by atoms with van der Waals surface area (Å²) in [5, 5.41) is 0. The van der Waals surface area contributed by atoms with Gasteiger partial charge >= 0.3 is 17.9 Å². The van der Waals surface area contributed by atoms with E-state index in [1.165, 1.54) is 315 Å². The molecule has 0 radical (unpaired) electrons. The summed E-state index contributed by atoms with van der Waals surface area (Å²) in [6, 6.07) is 0. The molecule has 0 aliphatic heterocycles. The van der Waals surface area contributed by atoms with Gasteiger partial charge in [0.25, 0.3) is 0 Å². The SMILES string of the molecule is CCCCCCCCCC/C=C\CCCCCCCCCCCCCCCCCCCCCC(=O)OCC(COC(=O)CCCCCCCCCCCCCCCC)OC(=O)CCCCCCCCCCCCCCCCC. The smallest absolute Gasteiger partial charge is 0.306 e. The molecule has 0 saturated carbocycles. The fraction of sp³-hybridized carbons (Fsp3) is 0.931. The average molecular weight is 1100 g/mol. The van der Waals surface area contributed by atoms with Gasteiger partial charge in [0.2, 0.25) is 0 Å². The monoisotopic (exact) mass is 1100 g/mol. The fourth-order valence-corrected chi connectivity index (χ4v) is 11.2. The van der Waals surface area contributed by atoms with Gasteiger partial charge in [-0.15, -0.1) is 0 Å². The van der Waals surface area contributed by atoms with Crippen molar-refractivity contribution in [2.24, 2.45) is 0 Å². The maximum absolute atomic E-state index is 12.9. The highest BCUT2D eigenvalue weighted by Gasteiger charge is 2.19. The lowest BCUT2D eigenvalue weighted by Crippen LogP contribution is -2.30. The van der Waals surface area contributed by atoms with Gasteiger partial charge < -0.3 is 14.2 Å². The van der Waals surface area contributed by atoms with Gasteiger partial charge in [-0.1, -0.05) is 360 Å². The van der Waals surface area contributed by atoms with Gasteiger partial charge in [-0.25, -0.2) is 0 Å². The Labute approximate surface area is 488 Å². The van der Waals surface area contributed by atoms with E-state index in [1.54, 1.807) is 0 Å². The zero-order valence-electron chi connectivity index (χ0n) is 53.2. The summed E-state index contributed by atoms with van der Waals surface area (Å²) < 4.78 is 17.0. The molecule has 6 heteroatoms. The summed E-state index contributed by atoms with van der Waals surface area (Å²) in [5.74, 6) is -0.826. The summed E-state index contributed by atoms with van der Waals surface area (Å²) >= 11 is 0. The second-order valence-corrected chi connectivity index (χ2v) is 24.5. The lowest BCUT2D eigenvalue weighted by molar-refractivity contribution is -0.167. The van der Waals surface area contributed by atoms with Crippen molar-refractivity contribution >= 4 is 17.9 Å². The zero-order valence-corrected chi connectivity index (χ0v) is 53.2. The van der Waals surface area contributed by atoms with E-state index in [-0.39, 0.29) is 31.1 Å². The summed E-state index contributed by atoms with van der Waals surface area (Å²) in [6.07, 6.45) is 81.1. The number of esters is 3. The Morgan fingerprint density at radius 3 is 0.641 bits per heavy atom. The highest BCUT2D eigenvalue weighted by Crippen LogP contribution is 2.19. The number of carbonyl (C=O) groups is 3. The quantitative estimate of drug-likeness (QED) is 0.0261. The fourth-order valence-electron chi connectivity index (χ4n) is 11.2. The van der Waals surface area contributed by atoms with Crippen LogP contribution in [-0.2, 0) is 28.6 Å². The van der Waals surface area contributed by atoms with E-state index in [0.717, 1.165) is 57.8 Å². The standard InChI is InChI=1S/C72H138O6/c1-4-7-10-13-16-19-22-25-28-29-30-31-32-33-34-35-36-37-38-39-40-41-42-43-45-47-50-53-56-59-62-65-71(74)77-68-69(67-76-70(73)64-61-58-55-52-49-46-27-24-21-18-15-12-9-6-3)78-72(75)66-63-60-57-54-51-48-44-26-23-20-17-14-11-8-5-2/h29-30,69H,4-28,31-68H2,1-3H3/b30-29-. The third-order valence-corrected chi connectivity index (χ3v) is 16.5. The van der Waals surface area contributed by atoms with E-state index in [0.29, 0.717) is 19.3 Å². The van der Waals surface area contributed by atoms with Gasteiger partial charge in [0.1, 0.15) is 13.2 Å². The van der Waals surface area contributed by atoms with Gasteiger partial charge in [0, 0.05) is 19.3 Å². The Morgan fingerprint density at radius 2 is 0.423 bits per heavy atom. The molecule has 0 aliphatic carbocycles. The largest absolute Gasteiger partial charge is 0.462 e. The summed E-state index contributed by atoms with van der Waals surface area (Å²) in [5.41, 5.74) is 0. The Hall–Kier alpha value is -1.85. The third-order valence-electron chi connectivity index (χ3n) is 16.5. The van der Waals surface area contributed by atoms with E-state index in [2.05, 4.69) is 32.9 Å². The maximum Gasteiger partial charge on any atom is 0.306 e. The van der Waals surface area contributed by atoms with Crippen LogP contribution in [0.2, 0.25) is 0 Å². The number of hydrogen-bond donors (Lipinski definition) is 0. The molecular formula is C72H138O6. The van der Waals surface area contributed by atoms with Gasteiger partial charge in [-0.05, 0) is 44.9 Å². The summed E-state index contributed by atoms with van der Waals surface area (Å²) in [4.78, 5) is 38.4. The molecule has 1 atom stereocenters. The highest BCUT2D eigenvalue weighted by atomic mass is 16.6. The molecule has 0 aromatic carbocycles. The molecule has 0 heterocycles. The first-order chi connectivity index (χ1) is 38.5. The second-order valence-electron chi connectivity index (χ2n) is 24.5. The van der Waals surface area contributed by atoms with Crippen molar-refractivity contribution < 1.29 is 28.6 Å². The third kappa shape index (κ3) is 65.0. The van der Waals surface area contributed by atoms with Crippen molar-refractivity contribution in [2.75, 3.05) is 13.2 Å². The predicted octanol–water partition coefficient (Wildman–Crippen LogP) is 24.4. The molecule has 1 unspecified atom stereocenters. The van der Waals surface area contributed by atoms with Crippen molar-refractivity contribution in [3.05, 3.63) is 12.2 Å². The van der Waals surface area contributed by atoms with Crippen LogP contribution in [0.1, 0.15) is 412 Å². The molecule has 78 heavy (non-hydrogen) atoms. The minimum Gasteiger partial charge on any atom is -0.462 e. The molecule has 462 valence electrons. The Kier molecular flexibility index (Phi) is 66.0. The molecule has 0 fully saturated rings. The van der Waals surface area contributed by atoms with Crippen LogP contribution in [0.25, 0.3) is 0 Å². The van der Waals surface area contributed by atoms with Gasteiger partial charge in [-0.3, -0.25) is 14.4 Å². The normalized spacial score (nSPS) is 12.0. The molecule has 0 N–H and O–H groups in total. The highest BCUT2D eigenvalue weighted by molar-refractivity contribution is 5.71. The lowest BCUT2D eigenvalue weighted by Gasteiger charge is -2.18. The van der Waals surface area contributed by atoms with E-state index in [4.69, 9.17) is 14.2 Å². The first-order valence-corrected chi connectivity index (χ1v) is 35.7. The van der Waals surface area contributed by atoms with E-state index in [1.807, 2.05) is 0 Å². The van der Waals surface area contributed by atoms with Gasteiger partial charge in [-0.2, -0.15) is 0 Å². The van der Waals surface area contributed by atoms with E-state index >= 15 is 0 Å². The first kappa shape index (κ1) is 76.1. The Bertz CT molecular complexity index is 1210. The van der Waals surface area contributed by atoms with Gasteiger partial charge in [0.15, 0.2) is 6.10 Å². The zero-order chi connectivity index (χ0) is 56.4. The Balaban J connectivity index is 4.10. The first-order valence-electron chi connectivity index (χ1n) is 35.7. The maximum atomic E-state index is 12.9. The molecule has 0 saturated heterocycles. The summed E-state index contributed by atoms with van der Waals surface area (Å²) in [7, 11) is 0. The average Bonchev–Trinajstić information content (AvgIpc) is 3.44. The van der Waals surface area contributed by atoms with Crippen molar-refractivity contribution in [1.29, 1.82) is 0 Å². The summed E-state index contributed by atoms with van der Waals surface area (Å²) in [6.45, 7) is 6.73. The van der Waals surface area contributed by atoms with Crippen molar-refractivity contribution in [3.63, 3.8) is 0 Å². The molecule has 0 rings (SSSR count). The number of unbranched alkanes of at least 4 members (excludes halogenated alkanes) is 54. The minimum atomic E-state index is -0.764. The van der Waals surface area contributed by atoms with E-state index < -0.39 is 6.10 Å². The number of carbonyl (C=O) groups excluding carboxylic acids is 3. The minimum absolute atomic E-state index is 0.0619. The molecule has 0 aromatic heterocycles. The van der Waals surface area contributed by atoms with Crippen molar-refractivity contribution in [2.45, 2.75) is 419 Å². The van der Waals surface area contributed by atoms with Crippen LogP contribution in [0.15, 0.2) is 12.2 Å². The number of allylic oxidation sites excluding steroid dienone is 2. The van der Waals surface area contributed by atoms with Crippen molar-refractivity contribution in [1.82, 2.24) is 0 Å². The second kappa shape index (κ2) is 67.7. The van der Waals surface area contributed by atoms with Crippen LogP contribution >= 0.6 is 0 Å². The van der Waals surface area contributed by atoms with Crippen LogP contribution in [0.4, 0.5) is 0 Å². The molecule has 0 amide bonds. The molecule has 0 bridgehead atoms. The lowest BCUT2D eigenvalue weighted by atomic mass is 10.0. The molecule has 0 aliphatic rings. The van der Waals surface area contributed by atoms with Crippen molar-refractivity contribution in [3.8, 4) is 0 Å². The molecule has 6 nitrogen and oxygen atoms in total. The topological polar surface area (TPSA) is 78.9 Å². The number of ether oxygens (including phenoxy) is 3. The predicted molar refractivity (Wildman–Crippen MR) is 340 cm³/mol. The van der Waals surface area contributed by atoms with Crippen LogP contribution in [0.5, 0.6) is 0 Å². The van der Waals surface area contributed by atoms with Crippen LogP contribution in [-0.4, -0.2) is 37.2 Å². The van der Waals surface area contributed by atoms with Gasteiger partial charge in [0.05, 0.1) is 0 Å². The van der Waals surface area contributed by atoms with Crippen LogP contribution in [0, 0.1) is 0 Å². The molecule has 0 spiro atoms. The Morgan fingerprint density at radius 1 is 0.244 bits per heavy atom.